The summed E-state index contributed by atoms with van der Waals surface area (Å²) in [6, 6.07) is 0. The van der Waals surface area contributed by atoms with E-state index in [-0.39, 0.29) is 35.3 Å². The minimum absolute atomic E-state index is 0. The molecule has 0 radical (unpaired) electrons. The maximum absolute atomic E-state index is 10.5. The van der Waals surface area contributed by atoms with Gasteiger partial charge in [0.1, 0.15) is 0 Å². The van der Waals surface area contributed by atoms with Crippen molar-refractivity contribution < 1.29 is 44.2 Å². The van der Waals surface area contributed by atoms with Crippen molar-refractivity contribution in [1.82, 2.24) is 4.98 Å². The summed E-state index contributed by atoms with van der Waals surface area (Å²) in [4.78, 5) is 14.5. The van der Waals surface area contributed by atoms with Crippen molar-refractivity contribution in [2.24, 2.45) is 0 Å². The topological polar surface area (TPSA) is 62.2 Å². The number of carboxylic acids is 1. The molecule has 1 fully saturated rings. The molecule has 0 N–H and O–H groups in total. The van der Waals surface area contributed by atoms with Gasteiger partial charge in [0.15, 0.2) is 0 Å². The normalized spacial score (nSPS) is 17.1. The molecule has 2 heterocycles. The van der Waals surface area contributed by atoms with E-state index in [1.165, 1.54) is 11.3 Å². The second-order valence-corrected chi connectivity index (χ2v) is 4.13. The SMILES string of the molecule is O=C([O-])c1csc(C2CCOCC2)n1.[Na+]. The molecule has 0 bridgehead atoms. The monoisotopic (exact) mass is 235 g/mol. The van der Waals surface area contributed by atoms with Crippen molar-refractivity contribution >= 4 is 17.3 Å². The van der Waals surface area contributed by atoms with Crippen LogP contribution in [0, 0.1) is 0 Å². The third-order valence-corrected chi connectivity index (χ3v) is 3.31. The van der Waals surface area contributed by atoms with Crippen LogP contribution in [0.3, 0.4) is 0 Å². The maximum Gasteiger partial charge on any atom is 1.00 e. The standard InChI is InChI=1S/C9H11NO3S.Na/c11-9(12)7-5-14-8(10-7)6-1-3-13-4-2-6;/h5-6H,1-4H2,(H,11,12);/q;+1/p-1. The van der Waals surface area contributed by atoms with Gasteiger partial charge in [-0.15, -0.1) is 11.3 Å². The summed E-state index contributed by atoms with van der Waals surface area (Å²) in [7, 11) is 0. The maximum atomic E-state index is 10.5. The first-order chi connectivity index (χ1) is 6.77. The van der Waals surface area contributed by atoms with Gasteiger partial charge >= 0.3 is 29.6 Å². The van der Waals surface area contributed by atoms with Crippen LogP contribution in [0.5, 0.6) is 0 Å². The van der Waals surface area contributed by atoms with Crippen LogP contribution in [0.15, 0.2) is 5.38 Å². The summed E-state index contributed by atoms with van der Waals surface area (Å²) in [5.41, 5.74) is 0.0523. The molecule has 1 saturated heterocycles. The van der Waals surface area contributed by atoms with E-state index >= 15 is 0 Å². The number of aromatic carboxylic acids is 1. The molecule has 0 saturated carbocycles. The second-order valence-electron chi connectivity index (χ2n) is 3.25. The zero-order valence-electron chi connectivity index (χ0n) is 8.56. The second kappa shape index (κ2) is 5.96. The Labute approximate surface area is 114 Å². The molecule has 1 aliphatic heterocycles. The van der Waals surface area contributed by atoms with Gasteiger partial charge in [-0.25, -0.2) is 4.98 Å². The van der Waals surface area contributed by atoms with E-state index < -0.39 is 5.97 Å². The molecule has 0 atom stereocenters. The Balaban J connectivity index is 0.00000112. The Morgan fingerprint density at radius 2 is 2.20 bits per heavy atom. The largest absolute Gasteiger partial charge is 1.00 e. The van der Waals surface area contributed by atoms with Crippen molar-refractivity contribution in [2.75, 3.05) is 13.2 Å². The van der Waals surface area contributed by atoms with Crippen LogP contribution in [-0.2, 0) is 4.74 Å². The van der Waals surface area contributed by atoms with Crippen LogP contribution in [0.25, 0.3) is 0 Å². The number of carbonyl (C=O) groups excluding carboxylic acids is 1. The van der Waals surface area contributed by atoms with Crippen molar-refractivity contribution in [2.45, 2.75) is 18.8 Å². The van der Waals surface area contributed by atoms with E-state index in [2.05, 4.69) is 4.98 Å². The summed E-state index contributed by atoms with van der Waals surface area (Å²) < 4.78 is 5.22. The fourth-order valence-electron chi connectivity index (χ4n) is 1.51. The zero-order valence-corrected chi connectivity index (χ0v) is 11.4. The number of ether oxygens (including phenoxy) is 1. The van der Waals surface area contributed by atoms with Crippen LogP contribution in [-0.4, -0.2) is 24.2 Å². The van der Waals surface area contributed by atoms with Gasteiger partial charge in [-0.05, 0) is 12.8 Å². The molecule has 0 aliphatic carbocycles. The predicted octanol–water partition coefficient (Wildman–Crippen LogP) is -2.60. The molecule has 4 nitrogen and oxygen atoms in total. The van der Waals surface area contributed by atoms with Gasteiger partial charge in [-0.3, -0.25) is 0 Å². The third kappa shape index (κ3) is 3.26. The van der Waals surface area contributed by atoms with Gasteiger partial charge in [0.05, 0.1) is 16.7 Å². The molecule has 0 unspecified atom stereocenters. The first-order valence-electron chi connectivity index (χ1n) is 4.52. The first-order valence-corrected chi connectivity index (χ1v) is 5.40. The fourth-order valence-corrected chi connectivity index (χ4v) is 2.47. The van der Waals surface area contributed by atoms with Gasteiger partial charge < -0.3 is 14.6 Å². The Morgan fingerprint density at radius 1 is 1.53 bits per heavy atom. The molecule has 2 rings (SSSR count). The van der Waals surface area contributed by atoms with E-state index in [9.17, 15) is 9.90 Å². The van der Waals surface area contributed by atoms with Crippen molar-refractivity contribution in [1.29, 1.82) is 0 Å². The number of thiazole rings is 1. The summed E-state index contributed by atoms with van der Waals surface area (Å²) in [6.07, 6.45) is 1.86. The van der Waals surface area contributed by atoms with E-state index in [4.69, 9.17) is 4.74 Å². The molecule has 0 aromatic carbocycles. The molecule has 1 aromatic heterocycles. The van der Waals surface area contributed by atoms with E-state index in [0.717, 1.165) is 31.1 Å². The van der Waals surface area contributed by atoms with Gasteiger partial charge in [0, 0.05) is 24.5 Å². The number of carbonyl (C=O) groups is 1. The average Bonchev–Trinajstić information content (AvgIpc) is 2.68. The first kappa shape index (κ1) is 13.1. The van der Waals surface area contributed by atoms with E-state index in [1.54, 1.807) is 5.38 Å². The summed E-state index contributed by atoms with van der Waals surface area (Å²) >= 11 is 1.40. The molecule has 76 valence electrons. The van der Waals surface area contributed by atoms with E-state index in [1.807, 2.05) is 0 Å². The number of hydrogen-bond donors (Lipinski definition) is 0. The molecular formula is C9H10NNaO3S. The number of hydrogen-bond acceptors (Lipinski definition) is 5. The fraction of sp³-hybridized carbons (Fsp3) is 0.556. The molecular weight excluding hydrogens is 225 g/mol. The van der Waals surface area contributed by atoms with Crippen LogP contribution in [0.2, 0.25) is 0 Å². The zero-order chi connectivity index (χ0) is 9.97. The van der Waals surface area contributed by atoms with Gasteiger partial charge in [-0.1, -0.05) is 0 Å². The Hall–Kier alpha value is 0.0600. The van der Waals surface area contributed by atoms with Crippen LogP contribution >= 0.6 is 11.3 Å². The van der Waals surface area contributed by atoms with E-state index in [0.29, 0.717) is 5.92 Å². The molecule has 6 heteroatoms. The van der Waals surface area contributed by atoms with Gasteiger partial charge in [-0.2, -0.15) is 0 Å². The Kier molecular flexibility index (Phi) is 5.22. The number of aromatic nitrogens is 1. The third-order valence-electron chi connectivity index (χ3n) is 2.30. The minimum Gasteiger partial charge on any atom is -0.543 e. The van der Waals surface area contributed by atoms with Crippen molar-refractivity contribution in [3.63, 3.8) is 0 Å². The molecule has 1 aliphatic rings. The predicted molar refractivity (Wildman–Crippen MR) is 49.2 cm³/mol. The number of rotatable bonds is 2. The Morgan fingerprint density at radius 3 is 2.73 bits per heavy atom. The molecule has 15 heavy (non-hydrogen) atoms. The summed E-state index contributed by atoms with van der Waals surface area (Å²) in [6.45, 7) is 1.48. The van der Waals surface area contributed by atoms with Gasteiger partial charge in [0.2, 0.25) is 0 Å². The summed E-state index contributed by atoms with van der Waals surface area (Å²) in [5, 5.41) is 12.9. The molecule has 0 spiro atoms. The van der Waals surface area contributed by atoms with Crippen molar-refractivity contribution in [3.05, 3.63) is 16.1 Å². The van der Waals surface area contributed by atoms with Crippen LogP contribution < -0.4 is 34.7 Å². The van der Waals surface area contributed by atoms with Crippen LogP contribution in [0.1, 0.15) is 34.3 Å². The van der Waals surface area contributed by atoms with Crippen LogP contribution in [0.4, 0.5) is 0 Å². The quantitative estimate of drug-likeness (QED) is 0.528. The minimum atomic E-state index is -1.19. The molecule has 1 aromatic rings. The summed E-state index contributed by atoms with van der Waals surface area (Å²) in [5.74, 6) is -0.832. The number of nitrogens with zero attached hydrogens (tertiary/aromatic N) is 1. The van der Waals surface area contributed by atoms with Crippen molar-refractivity contribution in [3.8, 4) is 0 Å². The average molecular weight is 235 g/mol. The smallest absolute Gasteiger partial charge is 0.543 e. The Bertz CT molecular complexity index is 336. The van der Waals surface area contributed by atoms with Gasteiger partial charge in [0.25, 0.3) is 0 Å². The number of carboxylic acid groups (broad SMARTS) is 1. The molecule has 0 amide bonds.